The fraction of sp³-hybridized carbons (Fsp3) is 0.682. The van der Waals surface area contributed by atoms with Crippen molar-refractivity contribution in [2.75, 3.05) is 39.4 Å². The van der Waals surface area contributed by atoms with Crippen molar-refractivity contribution >= 4 is 124 Å². The van der Waals surface area contributed by atoms with Crippen LogP contribution in [0.25, 0.3) is 0 Å². The molecule has 47 heteroatoms. The first-order valence-electron chi connectivity index (χ1n) is 36.2. The van der Waals surface area contributed by atoms with Gasteiger partial charge in [0.1, 0.15) is 78.5 Å². The molecule has 113 heavy (non-hydrogen) atoms. The number of rotatable bonds is 59. The Labute approximate surface area is 649 Å². The number of nitrogens with one attached hydrogen (secondary N) is 14. The molecule has 0 aliphatic heterocycles. The molecule has 0 saturated heterocycles. The van der Waals surface area contributed by atoms with Gasteiger partial charge in [-0.2, -0.15) is 0 Å². The average Bonchev–Trinajstić information content (AvgIpc) is 0.860. The number of hydrogen-bond acceptors (Lipinski definition) is 26. The topological polar surface area (TPSA) is 810 Å². The Bertz CT molecular complexity index is 3330. The minimum absolute atomic E-state index is 0.0375. The summed E-state index contributed by atoms with van der Waals surface area (Å²) in [6, 6.07) is -22.0. The minimum Gasteiger partial charge on any atom is -0.481 e. The molecule has 0 radical (unpaired) electrons. The van der Waals surface area contributed by atoms with E-state index in [1.165, 1.54) is 13.8 Å². The summed E-state index contributed by atoms with van der Waals surface area (Å²) in [4.78, 5) is 274. The van der Waals surface area contributed by atoms with Crippen LogP contribution in [0.15, 0.2) is 0 Å². The molecular formula is C66H113N21O26. The van der Waals surface area contributed by atoms with E-state index in [-0.39, 0.29) is 57.5 Å². The molecule has 0 saturated carbocycles. The van der Waals surface area contributed by atoms with Crippen molar-refractivity contribution in [2.24, 2.45) is 57.9 Å². The van der Waals surface area contributed by atoms with Crippen molar-refractivity contribution in [1.29, 1.82) is 0 Å². The molecule has 0 aromatic rings. The van der Waals surface area contributed by atoms with Gasteiger partial charge in [0.05, 0.1) is 45.6 Å². The molecule has 0 spiro atoms. The maximum atomic E-state index is 14.3. The zero-order chi connectivity index (χ0) is 86.5. The summed E-state index contributed by atoms with van der Waals surface area (Å²) in [5, 5.41) is 79.5. The number of unbranched alkanes of at least 4 members (excludes halogenated alkanes) is 2. The van der Waals surface area contributed by atoms with Gasteiger partial charge in [-0.15, -0.1) is 0 Å². The second-order valence-corrected chi connectivity index (χ2v) is 27.2. The smallest absolute Gasteiger partial charge is 0.326 e. The lowest BCUT2D eigenvalue weighted by molar-refractivity contribution is -0.144. The molecule has 0 aromatic carbocycles. The number of primary amides is 4. The fourth-order valence-corrected chi connectivity index (χ4v) is 10.3. The summed E-state index contributed by atoms with van der Waals surface area (Å²) in [7, 11) is 0. The molecule has 0 fully saturated rings. The molecule has 18 amide bonds. The van der Waals surface area contributed by atoms with Crippen LogP contribution < -0.4 is 115 Å². The van der Waals surface area contributed by atoms with Crippen LogP contribution in [0, 0.1) is 17.8 Å². The number of aliphatic hydroxyl groups is 2. The van der Waals surface area contributed by atoms with Crippen LogP contribution in [-0.4, -0.2) is 268 Å². The summed E-state index contributed by atoms with van der Waals surface area (Å²) >= 11 is 0. The number of aliphatic hydroxyl groups excluding tert-OH is 2. The van der Waals surface area contributed by atoms with E-state index < -0.39 is 299 Å². The van der Waals surface area contributed by atoms with Crippen LogP contribution in [0.2, 0.25) is 0 Å². The van der Waals surface area contributed by atoms with Crippen molar-refractivity contribution in [3.63, 3.8) is 0 Å². The number of nitrogens with two attached hydrogens (primary N) is 7. The van der Waals surface area contributed by atoms with E-state index in [1.807, 2.05) is 0 Å². The Morgan fingerprint density at radius 2 is 0.681 bits per heavy atom. The Morgan fingerprint density at radius 1 is 0.336 bits per heavy atom. The van der Waals surface area contributed by atoms with Crippen molar-refractivity contribution in [1.82, 2.24) is 74.4 Å². The number of hydrogen-bond donors (Lipinski definition) is 26. The minimum atomic E-state index is -2.00. The summed E-state index contributed by atoms with van der Waals surface area (Å²) in [6.07, 6.45) is -5.85. The molecule has 33 N–H and O–H groups in total. The van der Waals surface area contributed by atoms with Crippen molar-refractivity contribution in [3.8, 4) is 0 Å². The van der Waals surface area contributed by atoms with Crippen LogP contribution in [0.4, 0.5) is 0 Å². The maximum Gasteiger partial charge on any atom is 0.326 e. The van der Waals surface area contributed by atoms with E-state index in [1.54, 1.807) is 27.7 Å². The van der Waals surface area contributed by atoms with Gasteiger partial charge in [0, 0.05) is 19.3 Å². The maximum absolute atomic E-state index is 14.3. The zero-order valence-corrected chi connectivity index (χ0v) is 63.9. The average molecular weight is 1620 g/mol. The Morgan fingerprint density at radius 3 is 1.09 bits per heavy atom. The Balaban J connectivity index is 6.64. The van der Waals surface area contributed by atoms with Gasteiger partial charge in [-0.05, 0) is 95.1 Å². The van der Waals surface area contributed by atoms with Crippen molar-refractivity contribution in [3.05, 3.63) is 0 Å². The van der Waals surface area contributed by atoms with Crippen LogP contribution >= 0.6 is 0 Å². The first-order valence-corrected chi connectivity index (χ1v) is 36.2. The molecule has 0 rings (SSSR count). The van der Waals surface area contributed by atoms with Gasteiger partial charge in [0.25, 0.3) is 0 Å². The highest BCUT2D eigenvalue weighted by Gasteiger charge is 2.39. The normalized spacial score (nSPS) is 14.7. The Kier molecular flexibility index (Phi) is 48.2. The summed E-state index contributed by atoms with van der Waals surface area (Å²) in [5.41, 5.74) is 38.4. The van der Waals surface area contributed by atoms with Gasteiger partial charge in [0.15, 0.2) is 0 Å². The molecule has 0 unspecified atom stereocenters. The first-order chi connectivity index (χ1) is 52.9. The molecule has 47 nitrogen and oxygen atoms in total. The summed E-state index contributed by atoms with van der Waals surface area (Å²) in [5.74, 6) is -26.9. The third-order valence-electron chi connectivity index (χ3n) is 16.7. The predicted molar refractivity (Wildman–Crippen MR) is 392 cm³/mol. The zero-order valence-electron chi connectivity index (χ0n) is 63.9. The van der Waals surface area contributed by atoms with Crippen LogP contribution in [0.5, 0.6) is 0 Å². The van der Waals surface area contributed by atoms with E-state index in [0.717, 1.165) is 0 Å². The van der Waals surface area contributed by atoms with Gasteiger partial charge >= 0.3 is 17.9 Å². The fourth-order valence-electron chi connectivity index (χ4n) is 10.3. The quantitative estimate of drug-likeness (QED) is 0.0251. The van der Waals surface area contributed by atoms with E-state index in [0.29, 0.717) is 12.8 Å². The molecule has 638 valence electrons. The number of carboxylic acids is 3. The van der Waals surface area contributed by atoms with Crippen LogP contribution in [0.3, 0.4) is 0 Å². The monoisotopic (exact) mass is 1620 g/mol. The third kappa shape index (κ3) is 41.5. The highest BCUT2D eigenvalue weighted by atomic mass is 16.4. The lowest BCUT2D eigenvalue weighted by Gasteiger charge is -2.29. The second kappa shape index (κ2) is 53.5. The lowest BCUT2D eigenvalue weighted by Crippen LogP contribution is -2.62. The van der Waals surface area contributed by atoms with Gasteiger partial charge in [-0.1, -0.05) is 48.0 Å². The van der Waals surface area contributed by atoms with E-state index in [2.05, 4.69) is 74.4 Å². The van der Waals surface area contributed by atoms with E-state index >= 15 is 0 Å². The van der Waals surface area contributed by atoms with Gasteiger partial charge < -0.3 is 140 Å². The van der Waals surface area contributed by atoms with Gasteiger partial charge in [-0.25, -0.2) is 4.79 Å². The van der Waals surface area contributed by atoms with Crippen molar-refractivity contribution < 1.29 is 126 Å². The van der Waals surface area contributed by atoms with Gasteiger partial charge in [-0.3, -0.25) is 95.9 Å². The van der Waals surface area contributed by atoms with Crippen LogP contribution in [0.1, 0.15) is 151 Å². The molecule has 0 aliphatic carbocycles. The largest absolute Gasteiger partial charge is 0.481 e. The molecule has 0 bridgehead atoms. The number of carbonyl (C=O) groups excluding carboxylic acids is 18. The Hall–Kier alpha value is -11.3. The SMILES string of the molecule is CC[C@H](C)[C@H](NC(=O)[C@H](CCCCN)NC(=O)[C@H](CCC(N)=O)NC(=O)CNC(=O)CNC(=O)[C@H](CCC(=O)O)NC(=O)[C@H](CC(N)=O)NC(=O)[C@@H](NC(=O)[C@H](CO)NC(=O)[C@H](CC(N)=O)NC(=O)[C@H](CC(C)C)NC(=O)[C@@H](N)CO)C(C)C)C(=O)N[C@@H](CCCCN)C(=O)N[C@@H](CC(N)=O)C(=O)N[C@@H](CCC(=O)O)C(=O)O. The summed E-state index contributed by atoms with van der Waals surface area (Å²) in [6.45, 7) is 5.60. The molecule has 0 aromatic heterocycles. The second-order valence-electron chi connectivity index (χ2n) is 27.2. The number of carboxylic acid groups (broad SMARTS) is 3. The highest BCUT2D eigenvalue weighted by Crippen LogP contribution is 2.15. The molecule has 14 atom stereocenters. The first kappa shape index (κ1) is 102. The lowest BCUT2D eigenvalue weighted by atomic mass is 9.96. The van der Waals surface area contributed by atoms with Crippen molar-refractivity contribution in [2.45, 2.75) is 229 Å². The number of carbonyl (C=O) groups is 21. The van der Waals surface area contributed by atoms with E-state index in [4.69, 9.17) is 45.2 Å². The van der Waals surface area contributed by atoms with Gasteiger partial charge in [0.2, 0.25) is 106 Å². The highest BCUT2D eigenvalue weighted by molar-refractivity contribution is 6.02. The predicted octanol–water partition coefficient (Wildman–Crippen LogP) is -11.9. The molecule has 0 aliphatic rings. The number of amides is 18. The standard InChI is InChI=1S/C66H113N21O26/c1-7-32(6)53(65(111)79-34(12-8-10-20-67)56(102)82-40(23-45(71)91)61(107)80-38(66(112)113)16-19-51(98)99)87-58(104)35(13-9-11-21-68)77-57(103)37(14-17-44(70)90)76-49(95)27-74-48(94)26-75-55(101)36(15-18-50(96)97)78-60(106)42(25-47(73)93)84-64(110)52(31(4)5)86-63(109)43(29-89)85-62(108)41(24-46(72)92)83-59(105)39(22-30(2)3)81-54(100)33(69)28-88/h30-43,52-53,88-89H,7-29,67-69H2,1-6H3,(H2,70,90)(H2,71,91)(H2,72,92)(H2,73,93)(H,74,94)(H,75,101)(H,76,95)(H,77,103)(H,78,106)(H,79,111)(H,80,107)(H,81,100)(H,82,102)(H,83,105)(H,84,110)(H,85,108)(H,86,109)(H,87,104)(H,96,97)(H,98,99)(H,112,113)/t32-,33-,34-,35-,36-,37-,38-,39-,40-,41-,42-,43-,52-,53-/m0/s1. The molecular weight excluding hydrogens is 1500 g/mol. The number of aliphatic carboxylic acids is 3. The third-order valence-corrected chi connectivity index (χ3v) is 16.7. The summed E-state index contributed by atoms with van der Waals surface area (Å²) < 4.78 is 0. The molecule has 0 heterocycles. The van der Waals surface area contributed by atoms with Crippen LogP contribution in [-0.2, 0) is 101 Å². The van der Waals surface area contributed by atoms with E-state index in [9.17, 15) is 121 Å².